The molecule has 0 bridgehead atoms. The molecule has 1 atom stereocenters. The Bertz CT molecular complexity index is 1620. The van der Waals surface area contributed by atoms with Gasteiger partial charge in [-0.05, 0) is 135 Å². The maximum absolute atomic E-state index is 12.9. The van der Waals surface area contributed by atoms with Crippen LogP contribution in [0.5, 0.6) is 0 Å². The summed E-state index contributed by atoms with van der Waals surface area (Å²) in [5, 5.41) is 0. The zero-order valence-corrected chi connectivity index (χ0v) is 48.5. The first-order valence-electron chi connectivity index (χ1n) is 30.7. The molecule has 6 heteroatoms. The number of unbranched alkanes of at least 4 members (excludes halogenated alkanes) is 21. The predicted octanol–water partition coefficient (Wildman–Crippen LogP) is 21.0. The van der Waals surface area contributed by atoms with E-state index in [0.29, 0.717) is 25.7 Å². The Labute approximate surface area is 462 Å². The van der Waals surface area contributed by atoms with Crippen molar-refractivity contribution in [3.63, 3.8) is 0 Å². The Morgan fingerprint density at radius 3 is 0.840 bits per heavy atom. The Hall–Kier alpha value is -4.45. The summed E-state index contributed by atoms with van der Waals surface area (Å²) in [5.41, 5.74) is 0. The summed E-state index contributed by atoms with van der Waals surface area (Å²) in [6.45, 7) is 6.35. The van der Waals surface area contributed by atoms with Gasteiger partial charge in [0.15, 0.2) is 6.10 Å². The van der Waals surface area contributed by atoms with Crippen molar-refractivity contribution in [1.29, 1.82) is 0 Å². The molecule has 75 heavy (non-hydrogen) atoms. The molecule has 1 unspecified atom stereocenters. The van der Waals surface area contributed by atoms with E-state index in [9.17, 15) is 14.4 Å². The van der Waals surface area contributed by atoms with Crippen LogP contribution in [0.4, 0.5) is 0 Å². The number of rotatable bonds is 54. The van der Waals surface area contributed by atoms with Crippen molar-refractivity contribution in [2.45, 2.75) is 271 Å². The third-order valence-corrected chi connectivity index (χ3v) is 12.6. The van der Waals surface area contributed by atoms with Gasteiger partial charge in [-0.2, -0.15) is 0 Å². The van der Waals surface area contributed by atoms with Crippen LogP contribution >= 0.6 is 0 Å². The van der Waals surface area contributed by atoms with Crippen molar-refractivity contribution < 1.29 is 28.6 Å². The molecule has 6 nitrogen and oxygen atoms in total. The van der Waals surface area contributed by atoms with E-state index in [1.807, 2.05) is 0 Å². The van der Waals surface area contributed by atoms with E-state index in [1.54, 1.807) is 0 Å². The van der Waals surface area contributed by atoms with Crippen LogP contribution in [0, 0.1) is 0 Å². The highest BCUT2D eigenvalue weighted by Gasteiger charge is 2.19. The molecule has 0 rings (SSSR count). The summed E-state index contributed by atoms with van der Waals surface area (Å²) in [7, 11) is 0. The number of hydrogen-bond donors (Lipinski definition) is 0. The van der Waals surface area contributed by atoms with Crippen LogP contribution in [-0.2, 0) is 28.6 Å². The minimum atomic E-state index is -0.812. The normalized spacial score (nSPS) is 13.1. The molecule has 0 aliphatic rings. The largest absolute Gasteiger partial charge is 0.462 e. The second kappa shape index (κ2) is 62.1. The van der Waals surface area contributed by atoms with Gasteiger partial charge >= 0.3 is 17.9 Å². The van der Waals surface area contributed by atoms with E-state index < -0.39 is 6.10 Å². The van der Waals surface area contributed by atoms with Crippen LogP contribution in [0.2, 0.25) is 0 Å². The second-order valence-electron chi connectivity index (χ2n) is 19.8. The number of ether oxygens (including phenoxy) is 3. The molecule has 0 aromatic heterocycles. The van der Waals surface area contributed by atoms with Crippen molar-refractivity contribution in [2.75, 3.05) is 13.2 Å². The Balaban J connectivity index is 4.48. The van der Waals surface area contributed by atoms with Crippen LogP contribution in [0.25, 0.3) is 0 Å². The van der Waals surface area contributed by atoms with Crippen LogP contribution < -0.4 is 0 Å². The highest BCUT2D eigenvalue weighted by atomic mass is 16.6. The molecule has 0 aromatic carbocycles. The Morgan fingerprint density at radius 2 is 0.520 bits per heavy atom. The van der Waals surface area contributed by atoms with E-state index in [4.69, 9.17) is 14.2 Å². The quantitative estimate of drug-likeness (QED) is 0.0261. The lowest BCUT2D eigenvalue weighted by molar-refractivity contribution is -0.167. The van der Waals surface area contributed by atoms with Gasteiger partial charge in [-0.25, -0.2) is 0 Å². The van der Waals surface area contributed by atoms with Crippen molar-refractivity contribution in [3.8, 4) is 0 Å². The lowest BCUT2D eigenvalue weighted by Gasteiger charge is -2.18. The zero-order valence-electron chi connectivity index (χ0n) is 48.5. The van der Waals surface area contributed by atoms with Gasteiger partial charge in [0.05, 0.1) is 0 Å². The van der Waals surface area contributed by atoms with Gasteiger partial charge in [0, 0.05) is 19.3 Å². The molecule has 0 saturated heterocycles. The molecule has 0 N–H and O–H groups in total. The summed E-state index contributed by atoms with van der Waals surface area (Å²) in [5.74, 6) is -0.971. The lowest BCUT2D eigenvalue weighted by Crippen LogP contribution is -2.30. The number of esters is 3. The maximum Gasteiger partial charge on any atom is 0.306 e. The van der Waals surface area contributed by atoms with E-state index in [2.05, 4.69) is 154 Å². The van der Waals surface area contributed by atoms with Gasteiger partial charge in [-0.3, -0.25) is 14.4 Å². The molecule has 0 aliphatic carbocycles. The van der Waals surface area contributed by atoms with Crippen LogP contribution in [0.3, 0.4) is 0 Å². The lowest BCUT2D eigenvalue weighted by atomic mass is 10.1. The predicted molar refractivity (Wildman–Crippen MR) is 325 cm³/mol. The molecule has 0 aromatic rings. The van der Waals surface area contributed by atoms with Crippen molar-refractivity contribution in [2.24, 2.45) is 0 Å². The molecule has 0 aliphatic heterocycles. The molecule has 0 heterocycles. The summed E-state index contributed by atoms with van der Waals surface area (Å²) in [6.07, 6.45) is 87.3. The van der Waals surface area contributed by atoms with E-state index in [-0.39, 0.29) is 31.1 Å². The molecule has 424 valence electrons. The topological polar surface area (TPSA) is 78.9 Å². The monoisotopic (exact) mass is 1040 g/mol. The maximum atomic E-state index is 12.9. The highest BCUT2D eigenvalue weighted by Crippen LogP contribution is 2.14. The highest BCUT2D eigenvalue weighted by molar-refractivity contribution is 5.71. The fourth-order valence-corrected chi connectivity index (χ4v) is 8.08. The van der Waals surface area contributed by atoms with Gasteiger partial charge in [0.1, 0.15) is 13.2 Å². The fraction of sp³-hybridized carbons (Fsp3) is 0.638. The third kappa shape index (κ3) is 60.3. The zero-order chi connectivity index (χ0) is 54.3. The molecular weight excluding hydrogens is 925 g/mol. The minimum Gasteiger partial charge on any atom is -0.462 e. The molecule has 0 saturated carbocycles. The average molecular weight is 1040 g/mol. The van der Waals surface area contributed by atoms with Crippen LogP contribution in [0.15, 0.2) is 134 Å². The van der Waals surface area contributed by atoms with Gasteiger partial charge in [0.25, 0.3) is 0 Å². The molecule has 0 amide bonds. The number of hydrogen-bond acceptors (Lipinski definition) is 6. The standard InChI is InChI=1S/C69H112O6/c1-4-7-10-13-16-19-22-25-28-30-32-34-36-38-41-44-47-50-53-56-59-62-68(71)74-65-66(64-73-67(70)61-58-55-52-49-46-43-40-27-24-21-18-15-12-9-6-3)75-69(72)63-60-57-54-51-48-45-42-39-37-35-33-31-29-26-23-20-17-14-11-8-5-2/h7,9-10,12,16,18-19,21,23,25-28,31-34,38,40-41,46,49,66H,4-6,8,11,13-15,17,20,22,24,29-30,35-37,39,42-45,47-48,50-65H2,1-3H3/b10-7-,12-9-,19-16-,21-18-,26-23-,28-25-,33-31-,34-32-,40-27-,41-38-,49-46-. The first-order chi connectivity index (χ1) is 37.0. The van der Waals surface area contributed by atoms with Gasteiger partial charge < -0.3 is 14.2 Å². The Kier molecular flexibility index (Phi) is 58.4. The van der Waals surface area contributed by atoms with Crippen molar-refractivity contribution in [3.05, 3.63) is 134 Å². The van der Waals surface area contributed by atoms with Gasteiger partial charge in [-0.1, -0.05) is 244 Å². The van der Waals surface area contributed by atoms with Crippen LogP contribution in [-0.4, -0.2) is 37.2 Å². The number of carbonyl (C=O) groups excluding carboxylic acids is 3. The first-order valence-corrected chi connectivity index (χ1v) is 30.7. The molecule has 0 radical (unpaired) electrons. The molecule has 0 spiro atoms. The fourth-order valence-electron chi connectivity index (χ4n) is 8.08. The Morgan fingerprint density at radius 1 is 0.280 bits per heavy atom. The first kappa shape index (κ1) is 70.5. The van der Waals surface area contributed by atoms with Gasteiger partial charge in [0.2, 0.25) is 0 Å². The number of carbonyl (C=O) groups is 3. The third-order valence-electron chi connectivity index (χ3n) is 12.6. The summed E-state index contributed by atoms with van der Waals surface area (Å²) >= 11 is 0. The van der Waals surface area contributed by atoms with E-state index in [0.717, 1.165) is 135 Å². The van der Waals surface area contributed by atoms with E-state index in [1.165, 1.54) is 83.5 Å². The SMILES string of the molecule is CC/C=C\C/C=C\C/C=C\C/C=C\C/C=C\CCCCCCCC(=O)OCC(COC(=O)CCCC/C=C\C/C=C\C/C=C\C/C=C\CC)OC(=O)CCCCCCCCCCC/C=C\C/C=C\CCCCCCC. The van der Waals surface area contributed by atoms with Crippen molar-refractivity contribution in [1.82, 2.24) is 0 Å². The molecule has 0 fully saturated rings. The summed E-state index contributed by atoms with van der Waals surface area (Å²) in [4.78, 5) is 38.3. The van der Waals surface area contributed by atoms with Crippen molar-refractivity contribution >= 4 is 17.9 Å². The number of allylic oxidation sites excluding steroid dienone is 22. The minimum absolute atomic E-state index is 0.107. The summed E-state index contributed by atoms with van der Waals surface area (Å²) in [6, 6.07) is 0. The molecular formula is C69H112O6. The second-order valence-corrected chi connectivity index (χ2v) is 19.8. The summed E-state index contributed by atoms with van der Waals surface area (Å²) < 4.78 is 16.9. The van der Waals surface area contributed by atoms with Gasteiger partial charge in [-0.15, -0.1) is 0 Å². The van der Waals surface area contributed by atoms with Crippen LogP contribution in [0.1, 0.15) is 265 Å². The smallest absolute Gasteiger partial charge is 0.306 e. The average Bonchev–Trinajstić information content (AvgIpc) is 3.41. The van der Waals surface area contributed by atoms with E-state index >= 15 is 0 Å².